The Hall–Kier alpha value is -3.03. The standard InChI is InChI=1S/C17H18N6O2/c1-11(12-8-18-22(9-12)13-6-7-13)19-16(24)10-23-17(25)14-4-2-3-5-15(14)20-21-23/h2-5,8-9,11,13H,6-7,10H2,1H3,(H,19,24). The molecule has 4 rings (SSSR count). The molecule has 1 aliphatic rings. The third-order valence-electron chi connectivity index (χ3n) is 4.34. The predicted octanol–water partition coefficient (Wildman–Crippen LogP) is 1.20. The third-order valence-corrected chi connectivity index (χ3v) is 4.34. The lowest BCUT2D eigenvalue weighted by atomic mass is 10.2. The summed E-state index contributed by atoms with van der Waals surface area (Å²) in [5.41, 5.74) is 1.14. The van der Waals surface area contributed by atoms with Crippen molar-refractivity contribution in [2.45, 2.75) is 38.4 Å². The Morgan fingerprint density at radius 3 is 2.96 bits per heavy atom. The molecule has 8 heteroatoms. The maximum absolute atomic E-state index is 12.4. The van der Waals surface area contributed by atoms with Crippen LogP contribution in [0.1, 0.15) is 37.4 Å². The van der Waals surface area contributed by atoms with Gasteiger partial charge in [-0.15, -0.1) is 5.10 Å². The highest BCUT2D eigenvalue weighted by Crippen LogP contribution is 2.34. The molecule has 25 heavy (non-hydrogen) atoms. The number of hydrogen-bond acceptors (Lipinski definition) is 5. The van der Waals surface area contributed by atoms with Gasteiger partial charge in [-0.2, -0.15) is 5.10 Å². The molecule has 1 aromatic carbocycles. The fraction of sp³-hybridized carbons (Fsp3) is 0.353. The van der Waals surface area contributed by atoms with Crippen molar-refractivity contribution >= 4 is 16.8 Å². The Balaban J connectivity index is 1.46. The Morgan fingerprint density at radius 2 is 2.16 bits per heavy atom. The normalized spacial score (nSPS) is 15.2. The summed E-state index contributed by atoms with van der Waals surface area (Å²) >= 11 is 0. The van der Waals surface area contributed by atoms with Crippen LogP contribution in [0, 0.1) is 0 Å². The van der Waals surface area contributed by atoms with E-state index in [1.165, 1.54) is 0 Å². The van der Waals surface area contributed by atoms with Gasteiger partial charge < -0.3 is 5.32 Å². The summed E-state index contributed by atoms with van der Waals surface area (Å²) in [4.78, 5) is 24.6. The van der Waals surface area contributed by atoms with Gasteiger partial charge in [-0.25, -0.2) is 4.68 Å². The summed E-state index contributed by atoms with van der Waals surface area (Å²) in [6.07, 6.45) is 6.05. The molecule has 0 bridgehead atoms. The van der Waals surface area contributed by atoms with Crippen molar-refractivity contribution in [2.75, 3.05) is 0 Å². The number of rotatable bonds is 5. The Labute approximate surface area is 143 Å². The zero-order valence-corrected chi connectivity index (χ0v) is 13.8. The molecule has 1 amide bonds. The van der Waals surface area contributed by atoms with E-state index in [0.717, 1.165) is 23.1 Å². The Kier molecular flexibility index (Phi) is 3.79. The summed E-state index contributed by atoms with van der Waals surface area (Å²) in [6.45, 7) is 1.72. The minimum atomic E-state index is -0.324. The van der Waals surface area contributed by atoms with Crippen LogP contribution in [0.15, 0.2) is 41.5 Å². The molecule has 8 nitrogen and oxygen atoms in total. The van der Waals surface area contributed by atoms with Crippen LogP contribution in [0.3, 0.4) is 0 Å². The molecule has 3 aromatic rings. The number of fused-ring (bicyclic) bond motifs is 1. The largest absolute Gasteiger partial charge is 0.348 e. The van der Waals surface area contributed by atoms with Crippen LogP contribution in [0.25, 0.3) is 10.9 Å². The first kappa shape index (κ1) is 15.5. The number of nitrogens with one attached hydrogen (secondary N) is 1. The third kappa shape index (κ3) is 3.15. The summed E-state index contributed by atoms with van der Waals surface area (Å²) < 4.78 is 3.02. The quantitative estimate of drug-likeness (QED) is 0.754. The number of benzene rings is 1. The van der Waals surface area contributed by atoms with E-state index in [9.17, 15) is 9.59 Å². The first-order chi connectivity index (χ1) is 12.1. The van der Waals surface area contributed by atoms with E-state index in [2.05, 4.69) is 20.7 Å². The second-order valence-electron chi connectivity index (χ2n) is 6.34. The Bertz CT molecular complexity index is 988. The predicted molar refractivity (Wildman–Crippen MR) is 90.9 cm³/mol. The van der Waals surface area contributed by atoms with Crippen molar-refractivity contribution in [3.8, 4) is 0 Å². The molecular formula is C17H18N6O2. The highest BCUT2D eigenvalue weighted by Gasteiger charge is 2.25. The fourth-order valence-corrected chi connectivity index (χ4v) is 2.75. The molecule has 1 atom stereocenters. The molecule has 0 aliphatic heterocycles. The molecule has 128 valence electrons. The molecule has 0 radical (unpaired) electrons. The number of amides is 1. The topological polar surface area (TPSA) is 94.7 Å². The molecule has 1 N–H and O–H groups in total. The van der Waals surface area contributed by atoms with Gasteiger partial charge in [0.1, 0.15) is 12.1 Å². The average Bonchev–Trinajstić information content (AvgIpc) is 3.34. The maximum atomic E-state index is 12.4. The number of carbonyl (C=O) groups excluding carboxylic acids is 1. The van der Waals surface area contributed by atoms with Gasteiger partial charge in [-0.05, 0) is 31.9 Å². The SMILES string of the molecule is CC(NC(=O)Cn1nnc2ccccc2c1=O)c1cnn(C2CC2)c1. The number of nitrogens with zero attached hydrogens (tertiary/aromatic N) is 5. The second-order valence-corrected chi connectivity index (χ2v) is 6.34. The molecule has 1 aliphatic carbocycles. The van der Waals surface area contributed by atoms with Gasteiger partial charge in [-0.1, -0.05) is 17.3 Å². The monoisotopic (exact) mass is 338 g/mol. The van der Waals surface area contributed by atoms with E-state index in [1.807, 2.05) is 17.8 Å². The smallest absolute Gasteiger partial charge is 0.278 e. The van der Waals surface area contributed by atoms with E-state index in [1.54, 1.807) is 30.5 Å². The lowest BCUT2D eigenvalue weighted by Gasteiger charge is -2.12. The van der Waals surface area contributed by atoms with E-state index in [0.29, 0.717) is 16.9 Å². The average molecular weight is 338 g/mol. The molecule has 1 unspecified atom stereocenters. The van der Waals surface area contributed by atoms with Gasteiger partial charge in [0.15, 0.2) is 0 Å². The zero-order valence-electron chi connectivity index (χ0n) is 13.8. The second kappa shape index (κ2) is 6.12. The number of aromatic nitrogens is 5. The van der Waals surface area contributed by atoms with E-state index in [-0.39, 0.29) is 24.1 Å². The number of hydrogen-bond donors (Lipinski definition) is 1. The highest BCUT2D eigenvalue weighted by atomic mass is 16.2. The van der Waals surface area contributed by atoms with Crippen LogP contribution >= 0.6 is 0 Å². The molecule has 1 fully saturated rings. The molecule has 1 saturated carbocycles. The van der Waals surface area contributed by atoms with Crippen molar-refractivity contribution in [3.05, 3.63) is 52.6 Å². The van der Waals surface area contributed by atoms with Gasteiger partial charge >= 0.3 is 0 Å². The first-order valence-electron chi connectivity index (χ1n) is 8.28. The first-order valence-corrected chi connectivity index (χ1v) is 8.28. The van der Waals surface area contributed by atoms with Crippen molar-refractivity contribution < 1.29 is 4.79 Å². The van der Waals surface area contributed by atoms with Crippen LogP contribution in [0.4, 0.5) is 0 Å². The van der Waals surface area contributed by atoms with E-state index < -0.39 is 0 Å². The van der Waals surface area contributed by atoms with Gasteiger partial charge in [0.05, 0.1) is 23.7 Å². The Morgan fingerprint density at radius 1 is 1.36 bits per heavy atom. The van der Waals surface area contributed by atoms with Crippen molar-refractivity contribution in [2.24, 2.45) is 0 Å². The van der Waals surface area contributed by atoms with E-state index in [4.69, 9.17) is 0 Å². The highest BCUT2D eigenvalue weighted by molar-refractivity contribution is 5.78. The van der Waals surface area contributed by atoms with Crippen LogP contribution in [0.5, 0.6) is 0 Å². The van der Waals surface area contributed by atoms with Crippen LogP contribution in [-0.2, 0) is 11.3 Å². The number of carbonyl (C=O) groups is 1. The summed E-state index contributed by atoms with van der Waals surface area (Å²) in [7, 11) is 0. The van der Waals surface area contributed by atoms with Gasteiger partial charge in [0.25, 0.3) is 5.56 Å². The van der Waals surface area contributed by atoms with Crippen LogP contribution < -0.4 is 10.9 Å². The summed E-state index contributed by atoms with van der Waals surface area (Å²) in [6, 6.07) is 7.25. The molecule has 2 heterocycles. The van der Waals surface area contributed by atoms with Crippen LogP contribution in [0.2, 0.25) is 0 Å². The molecule has 0 spiro atoms. The minimum Gasteiger partial charge on any atom is -0.348 e. The molecular weight excluding hydrogens is 320 g/mol. The van der Waals surface area contributed by atoms with E-state index >= 15 is 0 Å². The van der Waals surface area contributed by atoms with Gasteiger partial charge in [0.2, 0.25) is 5.91 Å². The lowest BCUT2D eigenvalue weighted by molar-refractivity contribution is -0.122. The summed E-state index contributed by atoms with van der Waals surface area (Å²) in [5.74, 6) is -0.293. The maximum Gasteiger partial charge on any atom is 0.278 e. The fourth-order valence-electron chi connectivity index (χ4n) is 2.75. The van der Waals surface area contributed by atoms with Crippen molar-refractivity contribution in [3.63, 3.8) is 0 Å². The van der Waals surface area contributed by atoms with Gasteiger partial charge in [0, 0.05) is 11.8 Å². The summed E-state index contributed by atoms with van der Waals surface area (Å²) in [5, 5.41) is 15.5. The lowest BCUT2D eigenvalue weighted by Crippen LogP contribution is -2.35. The van der Waals surface area contributed by atoms with Crippen LogP contribution in [-0.4, -0.2) is 30.7 Å². The zero-order chi connectivity index (χ0) is 17.4. The van der Waals surface area contributed by atoms with Crippen molar-refractivity contribution in [1.82, 2.24) is 30.1 Å². The van der Waals surface area contributed by atoms with Crippen molar-refractivity contribution in [1.29, 1.82) is 0 Å². The minimum absolute atomic E-state index is 0.169. The molecule has 0 saturated heterocycles. The molecule has 2 aromatic heterocycles. The van der Waals surface area contributed by atoms with Gasteiger partial charge in [-0.3, -0.25) is 14.3 Å².